The molecule has 2 aliphatic carbocycles. The van der Waals surface area contributed by atoms with Gasteiger partial charge in [-0.1, -0.05) is 13.8 Å². The molecule has 1 amide bonds. The van der Waals surface area contributed by atoms with Crippen molar-refractivity contribution in [2.45, 2.75) is 77.9 Å². The lowest BCUT2D eigenvalue weighted by Gasteiger charge is -2.30. The van der Waals surface area contributed by atoms with Gasteiger partial charge in [0.25, 0.3) is 5.91 Å². The molecule has 0 spiro atoms. The first-order valence-corrected chi connectivity index (χ1v) is 13.5. The molecule has 206 valence electrons. The van der Waals surface area contributed by atoms with E-state index in [1.165, 1.54) is 0 Å². The largest absolute Gasteiger partial charge is 0.461 e. The monoisotopic (exact) mass is 524 g/mol. The Balaban J connectivity index is 1.46. The summed E-state index contributed by atoms with van der Waals surface area (Å²) < 4.78 is 7.45. The number of esters is 1. The first-order valence-electron chi connectivity index (χ1n) is 13.5. The first kappa shape index (κ1) is 27.8. The van der Waals surface area contributed by atoms with Gasteiger partial charge in [0.15, 0.2) is 5.78 Å². The van der Waals surface area contributed by atoms with Gasteiger partial charge in [-0.3, -0.25) is 14.4 Å². The minimum Gasteiger partial charge on any atom is -0.461 e. The van der Waals surface area contributed by atoms with Crippen LogP contribution < -0.4 is 22.1 Å². The number of nitrogens with zero attached hydrogens (tertiary/aromatic N) is 2. The van der Waals surface area contributed by atoms with Crippen molar-refractivity contribution in [3.63, 3.8) is 0 Å². The number of primary amides is 1. The number of ketones is 1. The predicted octanol–water partition coefficient (Wildman–Crippen LogP) is 2.64. The highest BCUT2D eigenvalue weighted by Gasteiger charge is 2.36. The number of nitrogens with two attached hydrogens (primary N) is 2. The van der Waals surface area contributed by atoms with Crippen LogP contribution in [-0.2, 0) is 16.0 Å². The highest BCUT2D eigenvalue weighted by molar-refractivity contribution is 6.00. The van der Waals surface area contributed by atoms with Crippen LogP contribution in [0.4, 0.5) is 5.69 Å². The molecule has 0 aliphatic heterocycles. The molecule has 0 saturated heterocycles. The zero-order chi connectivity index (χ0) is 27.4. The molecule has 1 heterocycles. The number of aromatic nitrogens is 2. The molecular formula is C28H40N6O4. The van der Waals surface area contributed by atoms with Crippen LogP contribution >= 0.6 is 0 Å². The lowest BCUT2D eigenvalue weighted by atomic mass is 9.75. The molecule has 10 heteroatoms. The molecule has 1 aromatic carbocycles. The molecular weight excluding hydrogens is 484 g/mol. The average molecular weight is 525 g/mol. The normalized spacial score (nSPS) is 20.6. The number of aryl methyl sites for hydroxylation is 1. The Morgan fingerprint density at radius 1 is 1.18 bits per heavy atom. The van der Waals surface area contributed by atoms with Crippen LogP contribution in [0.5, 0.6) is 0 Å². The number of benzene rings is 1. The number of anilines is 1. The van der Waals surface area contributed by atoms with E-state index in [4.69, 9.17) is 21.3 Å². The molecule has 6 N–H and O–H groups in total. The summed E-state index contributed by atoms with van der Waals surface area (Å²) in [5, 5.41) is 11.2. The third-order valence-electron chi connectivity index (χ3n) is 7.39. The minimum atomic E-state index is -0.515. The van der Waals surface area contributed by atoms with Gasteiger partial charge in [0, 0.05) is 18.2 Å². The molecule has 0 radical (unpaired) electrons. The van der Waals surface area contributed by atoms with Gasteiger partial charge in [-0.15, -0.1) is 0 Å². The number of carbonyl (C=O) groups excluding carboxylic acids is 3. The Kier molecular flexibility index (Phi) is 8.52. The Hall–Kier alpha value is -3.24. The number of fused-ring (bicyclic) bond motifs is 1. The molecule has 1 saturated carbocycles. The van der Waals surface area contributed by atoms with Crippen molar-refractivity contribution in [3.8, 4) is 5.69 Å². The summed E-state index contributed by atoms with van der Waals surface area (Å²) in [4.78, 5) is 37.2. The third kappa shape index (κ3) is 6.42. The Labute approximate surface area is 223 Å². The van der Waals surface area contributed by atoms with Crippen LogP contribution in [0.15, 0.2) is 18.2 Å². The maximum atomic E-state index is 12.8. The quantitative estimate of drug-likeness (QED) is 0.273. The van der Waals surface area contributed by atoms with Crippen molar-refractivity contribution in [3.05, 3.63) is 40.7 Å². The second kappa shape index (κ2) is 11.7. The summed E-state index contributed by atoms with van der Waals surface area (Å²) >= 11 is 0. The molecule has 1 aromatic heterocycles. The highest BCUT2D eigenvalue weighted by Crippen LogP contribution is 2.37. The van der Waals surface area contributed by atoms with Gasteiger partial charge in [0.2, 0.25) is 0 Å². The van der Waals surface area contributed by atoms with Gasteiger partial charge in [-0.05, 0) is 82.2 Å². The molecule has 0 unspecified atom stereocenters. The Morgan fingerprint density at radius 2 is 1.92 bits per heavy atom. The van der Waals surface area contributed by atoms with E-state index in [0.29, 0.717) is 36.3 Å². The Morgan fingerprint density at radius 3 is 2.61 bits per heavy atom. The van der Waals surface area contributed by atoms with Gasteiger partial charge in [0.05, 0.1) is 34.7 Å². The highest BCUT2D eigenvalue weighted by atomic mass is 16.5. The Bertz CT molecular complexity index is 1200. The standard InChI is InChI=1S/C28H40N6O4/c1-17-26-23(14-28(2,3)15-24(26)35)34(33-17)19-7-10-21(27(30)37)22(13-19)32-18-5-8-20(9-6-18)38-25(36)16-31-12-4-11-29/h7,10,13,18,20,31-32H,4-6,8-9,11-12,14-16,29H2,1-3H3,(H2,30,37). The van der Waals surface area contributed by atoms with E-state index in [-0.39, 0.29) is 35.9 Å². The van der Waals surface area contributed by atoms with Crippen molar-refractivity contribution < 1.29 is 19.1 Å². The molecule has 38 heavy (non-hydrogen) atoms. The van der Waals surface area contributed by atoms with E-state index < -0.39 is 5.91 Å². The van der Waals surface area contributed by atoms with E-state index in [1.807, 2.05) is 23.7 Å². The minimum absolute atomic E-state index is 0.106. The second-order valence-corrected chi connectivity index (χ2v) is 11.3. The predicted molar refractivity (Wildman–Crippen MR) is 146 cm³/mol. The molecule has 0 atom stereocenters. The fourth-order valence-corrected chi connectivity index (χ4v) is 5.54. The first-order chi connectivity index (χ1) is 18.1. The van der Waals surface area contributed by atoms with E-state index in [2.05, 4.69) is 24.5 Å². The van der Waals surface area contributed by atoms with Crippen LogP contribution in [0.3, 0.4) is 0 Å². The number of hydrogen-bond donors (Lipinski definition) is 4. The lowest BCUT2D eigenvalue weighted by Crippen LogP contribution is -2.34. The fourth-order valence-electron chi connectivity index (χ4n) is 5.54. The van der Waals surface area contributed by atoms with Crippen LogP contribution in [0.25, 0.3) is 5.69 Å². The van der Waals surface area contributed by atoms with Gasteiger partial charge in [-0.25, -0.2) is 4.68 Å². The van der Waals surface area contributed by atoms with Crippen LogP contribution in [-0.4, -0.2) is 59.2 Å². The number of carbonyl (C=O) groups is 3. The van der Waals surface area contributed by atoms with Crippen molar-refractivity contribution in [2.75, 3.05) is 25.0 Å². The van der Waals surface area contributed by atoms with Crippen molar-refractivity contribution >= 4 is 23.3 Å². The molecule has 1 fully saturated rings. The summed E-state index contributed by atoms with van der Waals surface area (Å²) in [6.45, 7) is 7.52. The molecule has 10 nitrogen and oxygen atoms in total. The van der Waals surface area contributed by atoms with Crippen LogP contribution in [0, 0.1) is 12.3 Å². The number of rotatable bonds is 10. The van der Waals surface area contributed by atoms with Gasteiger partial charge >= 0.3 is 5.97 Å². The van der Waals surface area contributed by atoms with E-state index >= 15 is 0 Å². The van der Waals surface area contributed by atoms with Crippen LogP contribution in [0.2, 0.25) is 0 Å². The SMILES string of the molecule is Cc1nn(-c2ccc(C(N)=O)c(NC3CCC(OC(=O)CNCCCN)CC3)c2)c2c1C(=O)CC(C)(C)C2. The summed E-state index contributed by atoms with van der Waals surface area (Å²) in [5.74, 6) is -0.642. The topological polar surface area (TPSA) is 154 Å². The molecule has 2 aromatic rings. The maximum Gasteiger partial charge on any atom is 0.320 e. The number of ether oxygens (including phenoxy) is 1. The zero-order valence-electron chi connectivity index (χ0n) is 22.6. The zero-order valence-corrected chi connectivity index (χ0v) is 22.6. The maximum absolute atomic E-state index is 12.8. The third-order valence-corrected chi connectivity index (χ3v) is 7.39. The number of nitrogens with one attached hydrogen (secondary N) is 2. The molecule has 2 aliphatic rings. The summed E-state index contributed by atoms with van der Waals surface area (Å²) in [5.41, 5.74) is 15.2. The van der Waals surface area contributed by atoms with Crippen molar-refractivity contribution in [2.24, 2.45) is 16.9 Å². The number of Topliss-reactive ketones (excluding diaryl/α,β-unsaturated/α-hetero) is 1. The number of amides is 1. The van der Waals surface area contributed by atoms with Crippen molar-refractivity contribution in [1.82, 2.24) is 15.1 Å². The summed E-state index contributed by atoms with van der Waals surface area (Å²) in [6, 6.07) is 5.53. The number of hydrogen-bond acceptors (Lipinski definition) is 8. The van der Waals surface area contributed by atoms with Crippen LogP contribution in [0.1, 0.15) is 84.5 Å². The molecule has 4 rings (SSSR count). The van der Waals surface area contributed by atoms with E-state index in [0.717, 1.165) is 55.6 Å². The summed E-state index contributed by atoms with van der Waals surface area (Å²) in [7, 11) is 0. The summed E-state index contributed by atoms with van der Waals surface area (Å²) in [6.07, 6.45) is 5.00. The average Bonchev–Trinajstić information content (AvgIpc) is 3.18. The van der Waals surface area contributed by atoms with Crippen molar-refractivity contribution in [1.29, 1.82) is 0 Å². The smallest absolute Gasteiger partial charge is 0.320 e. The van der Waals surface area contributed by atoms with E-state index in [1.54, 1.807) is 6.07 Å². The van der Waals surface area contributed by atoms with Gasteiger partial charge < -0.3 is 26.8 Å². The van der Waals surface area contributed by atoms with Gasteiger partial charge in [0.1, 0.15) is 6.10 Å². The lowest BCUT2D eigenvalue weighted by molar-refractivity contribution is -0.149. The van der Waals surface area contributed by atoms with E-state index in [9.17, 15) is 14.4 Å². The van der Waals surface area contributed by atoms with Gasteiger partial charge in [-0.2, -0.15) is 5.10 Å². The molecule has 0 bridgehead atoms. The second-order valence-electron chi connectivity index (χ2n) is 11.3. The fraction of sp³-hybridized carbons (Fsp3) is 0.571.